The van der Waals surface area contributed by atoms with Crippen molar-refractivity contribution in [2.45, 2.75) is 44.8 Å². The summed E-state index contributed by atoms with van der Waals surface area (Å²) in [4.78, 5) is 10.4. The van der Waals surface area contributed by atoms with Crippen molar-refractivity contribution in [3.8, 4) is 11.4 Å². The number of rotatable bonds is 5. The molecular formula is C22H25FN4O. The molecule has 146 valence electrons. The molecule has 1 aliphatic rings. The fourth-order valence-corrected chi connectivity index (χ4v) is 3.69. The molecule has 3 aromatic rings. The van der Waals surface area contributed by atoms with Gasteiger partial charge in [0.1, 0.15) is 0 Å². The highest BCUT2D eigenvalue weighted by Gasteiger charge is 2.42. The van der Waals surface area contributed by atoms with Crippen LogP contribution in [0.25, 0.3) is 11.4 Å². The minimum atomic E-state index is -1.62. The van der Waals surface area contributed by atoms with E-state index in [-0.39, 0.29) is 12.4 Å². The molecule has 0 saturated carbocycles. The highest BCUT2D eigenvalue weighted by molar-refractivity contribution is 5.52. The number of hydrogen-bond donors (Lipinski definition) is 0. The second-order valence-corrected chi connectivity index (χ2v) is 7.83. The van der Waals surface area contributed by atoms with E-state index < -0.39 is 5.67 Å². The summed E-state index contributed by atoms with van der Waals surface area (Å²) < 4.78 is 21.0. The minimum absolute atomic E-state index is 0.0687. The molecule has 0 bridgehead atoms. The third-order valence-electron chi connectivity index (χ3n) is 5.32. The highest BCUT2D eigenvalue weighted by Crippen LogP contribution is 2.36. The molecule has 28 heavy (non-hydrogen) atoms. The number of pyridine rings is 1. The van der Waals surface area contributed by atoms with Crippen molar-refractivity contribution in [1.29, 1.82) is 0 Å². The summed E-state index contributed by atoms with van der Waals surface area (Å²) in [6.45, 7) is 6.21. The van der Waals surface area contributed by atoms with Gasteiger partial charge in [0, 0.05) is 31.0 Å². The molecule has 1 unspecified atom stereocenters. The zero-order valence-electron chi connectivity index (χ0n) is 16.3. The first-order chi connectivity index (χ1) is 13.5. The summed E-state index contributed by atoms with van der Waals surface area (Å²) in [5, 5.41) is 3.97. The van der Waals surface area contributed by atoms with Crippen molar-refractivity contribution in [1.82, 2.24) is 20.0 Å². The Kier molecular flexibility index (Phi) is 5.22. The van der Waals surface area contributed by atoms with Crippen LogP contribution in [0.2, 0.25) is 0 Å². The summed E-state index contributed by atoms with van der Waals surface area (Å²) in [5.74, 6) is 0.977. The number of likely N-dealkylation sites (tertiary alicyclic amines) is 1. The largest absolute Gasteiger partial charge is 0.335 e. The van der Waals surface area contributed by atoms with Gasteiger partial charge in [-0.3, -0.25) is 9.88 Å². The lowest BCUT2D eigenvalue weighted by Crippen LogP contribution is -2.43. The third kappa shape index (κ3) is 3.97. The summed E-state index contributed by atoms with van der Waals surface area (Å²) in [5.41, 5.74) is 1.66. The van der Waals surface area contributed by atoms with Gasteiger partial charge in [-0.25, -0.2) is 4.39 Å². The van der Waals surface area contributed by atoms with Crippen LogP contribution in [-0.2, 0) is 12.2 Å². The van der Waals surface area contributed by atoms with Crippen LogP contribution >= 0.6 is 0 Å². The van der Waals surface area contributed by atoms with E-state index in [9.17, 15) is 0 Å². The predicted molar refractivity (Wildman–Crippen MR) is 105 cm³/mol. The molecule has 0 aliphatic carbocycles. The lowest BCUT2D eigenvalue weighted by atomic mass is 9.94. The Morgan fingerprint density at radius 3 is 2.61 bits per heavy atom. The molecule has 6 heteroatoms. The van der Waals surface area contributed by atoms with E-state index in [1.165, 1.54) is 11.1 Å². The van der Waals surface area contributed by atoms with Gasteiger partial charge in [-0.2, -0.15) is 4.98 Å². The van der Waals surface area contributed by atoms with Crippen LogP contribution in [0.15, 0.2) is 53.3 Å². The first kappa shape index (κ1) is 18.7. The fourth-order valence-electron chi connectivity index (χ4n) is 3.69. The van der Waals surface area contributed by atoms with E-state index in [2.05, 4.69) is 58.1 Å². The predicted octanol–water partition coefficient (Wildman–Crippen LogP) is 4.72. The summed E-state index contributed by atoms with van der Waals surface area (Å²) >= 11 is 0. The van der Waals surface area contributed by atoms with Gasteiger partial charge in [0.25, 0.3) is 5.89 Å². The molecule has 1 atom stereocenters. The normalized spacial score (nSPS) is 20.6. The second-order valence-electron chi connectivity index (χ2n) is 7.83. The van der Waals surface area contributed by atoms with Crippen molar-refractivity contribution < 1.29 is 8.91 Å². The molecule has 0 amide bonds. The van der Waals surface area contributed by atoms with Gasteiger partial charge < -0.3 is 4.52 Å². The van der Waals surface area contributed by atoms with Crippen molar-refractivity contribution in [2.24, 2.45) is 0 Å². The van der Waals surface area contributed by atoms with Crippen molar-refractivity contribution in [3.63, 3.8) is 0 Å². The van der Waals surface area contributed by atoms with Crippen LogP contribution in [0, 0.1) is 0 Å². The topological polar surface area (TPSA) is 55.1 Å². The van der Waals surface area contributed by atoms with Crippen molar-refractivity contribution in [2.75, 3.05) is 13.1 Å². The lowest BCUT2D eigenvalue weighted by molar-refractivity contribution is 0.0124. The number of nitrogens with zero attached hydrogens (tertiary/aromatic N) is 4. The number of halogens is 1. The van der Waals surface area contributed by atoms with Crippen LogP contribution in [0.1, 0.15) is 49.6 Å². The summed E-state index contributed by atoms with van der Waals surface area (Å²) in [6, 6.07) is 12.2. The zero-order chi connectivity index (χ0) is 19.6. The maximum absolute atomic E-state index is 15.7. The molecule has 1 aromatic carbocycles. The van der Waals surface area contributed by atoms with Crippen LogP contribution in [0.5, 0.6) is 0 Å². The highest BCUT2D eigenvalue weighted by atomic mass is 19.1. The van der Waals surface area contributed by atoms with Crippen molar-refractivity contribution >= 4 is 0 Å². The van der Waals surface area contributed by atoms with E-state index >= 15 is 4.39 Å². The Hall–Kier alpha value is -2.60. The standard InChI is InChI=1S/C22H25FN4O/c1-16(2)18-6-4-17(5-7-18)14-27-13-3-10-22(23,15-27)21-25-20(26-28-21)19-8-11-24-12-9-19/h4-9,11-12,16H,3,10,13-15H2,1-2H3. The molecule has 0 N–H and O–H groups in total. The van der Waals surface area contributed by atoms with Gasteiger partial charge in [-0.05, 0) is 48.6 Å². The van der Waals surface area contributed by atoms with E-state index in [4.69, 9.17) is 4.52 Å². The molecular weight excluding hydrogens is 355 g/mol. The van der Waals surface area contributed by atoms with Crippen LogP contribution in [0.4, 0.5) is 4.39 Å². The van der Waals surface area contributed by atoms with E-state index in [0.29, 0.717) is 18.2 Å². The van der Waals surface area contributed by atoms with Gasteiger partial charge in [-0.15, -0.1) is 0 Å². The number of benzene rings is 1. The number of alkyl halides is 1. The monoisotopic (exact) mass is 380 g/mol. The number of hydrogen-bond acceptors (Lipinski definition) is 5. The van der Waals surface area contributed by atoms with Gasteiger partial charge in [0.05, 0.1) is 0 Å². The number of piperidine rings is 1. The van der Waals surface area contributed by atoms with E-state index in [1.54, 1.807) is 24.5 Å². The Balaban J connectivity index is 1.47. The average molecular weight is 380 g/mol. The lowest BCUT2D eigenvalue weighted by Gasteiger charge is -2.35. The zero-order valence-corrected chi connectivity index (χ0v) is 16.3. The molecule has 0 spiro atoms. The molecule has 0 radical (unpaired) electrons. The maximum atomic E-state index is 15.7. The molecule has 2 aromatic heterocycles. The van der Waals surface area contributed by atoms with E-state index in [0.717, 1.165) is 25.1 Å². The molecule has 4 rings (SSSR count). The van der Waals surface area contributed by atoms with Crippen LogP contribution in [-0.4, -0.2) is 33.1 Å². The Bertz CT molecular complexity index is 910. The molecule has 1 aliphatic heterocycles. The molecule has 1 saturated heterocycles. The maximum Gasteiger partial charge on any atom is 0.265 e. The van der Waals surface area contributed by atoms with Gasteiger partial charge in [0.2, 0.25) is 11.5 Å². The Morgan fingerprint density at radius 2 is 1.89 bits per heavy atom. The SMILES string of the molecule is CC(C)c1ccc(CN2CCCC(F)(c3nc(-c4ccncc4)no3)C2)cc1. The number of aromatic nitrogens is 3. The second kappa shape index (κ2) is 7.80. The summed E-state index contributed by atoms with van der Waals surface area (Å²) in [6.07, 6.45) is 4.47. The first-order valence-corrected chi connectivity index (χ1v) is 9.78. The smallest absolute Gasteiger partial charge is 0.265 e. The third-order valence-corrected chi connectivity index (χ3v) is 5.32. The quantitative estimate of drug-likeness (QED) is 0.641. The molecule has 1 fully saturated rings. The summed E-state index contributed by atoms with van der Waals surface area (Å²) in [7, 11) is 0. The van der Waals surface area contributed by atoms with E-state index in [1.807, 2.05) is 0 Å². The minimum Gasteiger partial charge on any atom is -0.335 e. The Morgan fingerprint density at radius 1 is 1.14 bits per heavy atom. The van der Waals surface area contributed by atoms with Crippen LogP contribution < -0.4 is 0 Å². The van der Waals surface area contributed by atoms with Gasteiger partial charge in [-0.1, -0.05) is 43.3 Å². The Labute approximate surface area is 164 Å². The average Bonchev–Trinajstić information content (AvgIpc) is 3.20. The first-order valence-electron chi connectivity index (χ1n) is 9.78. The fraction of sp³-hybridized carbons (Fsp3) is 0.409. The van der Waals surface area contributed by atoms with Gasteiger partial charge in [0.15, 0.2) is 0 Å². The van der Waals surface area contributed by atoms with Crippen molar-refractivity contribution in [3.05, 3.63) is 65.8 Å². The molecule has 5 nitrogen and oxygen atoms in total. The van der Waals surface area contributed by atoms with Crippen LogP contribution in [0.3, 0.4) is 0 Å². The van der Waals surface area contributed by atoms with Gasteiger partial charge >= 0.3 is 0 Å². The molecule has 3 heterocycles.